The van der Waals surface area contributed by atoms with E-state index in [-0.39, 0.29) is 11.9 Å². The summed E-state index contributed by atoms with van der Waals surface area (Å²) in [4.78, 5) is 22.3. The number of amides is 1. The van der Waals surface area contributed by atoms with Crippen LogP contribution in [0.5, 0.6) is 0 Å². The van der Waals surface area contributed by atoms with Crippen molar-refractivity contribution in [2.75, 3.05) is 37.0 Å². The summed E-state index contributed by atoms with van der Waals surface area (Å²) in [5, 5.41) is 3.68. The summed E-state index contributed by atoms with van der Waals surface area (Å²) in [6, 6.07) is 2.09. The molecule has 0 aromatic carbocycles. The first-order valence-corrected chi connectivity index (χ1v) is 7.70. The minimum Gasteiger partial charge on any atom is -0.378 e. The number of aromatic nitrogens is 2. The Bertz CT molecular complexity index is 450. The van der Waals surface area contributed by atoms with Gasteiger partial charge in [0.15, 0.2) is 0 Å². The van der Waals surface area contributed by atoms with Crippen molar-refractivity contribution in [1.82, 2.24) is 15.3 Å². The summed E-state index contributed by atoms with van der Waals surface area (Å²) in [5.41, 5.74) is 0. The van der Waals surface area contributed by atoms with Crippen LogP contribution in [0.2, 0.25) is 0 Å². The van der Waals surface area contributed by atoms with Gasteiger partial charge in [-0.2, -0.15) is 0 Å². The number of rotatable bonds is 5. The van der Waals surface area contributed by atoms with Gasteiger partial charge >= 0.3 is 0 Å². The van der Waals surface area contributed by atoms with Crippen molar-refractivity contribution >= 4 is 23.5 Å². The standard InChI is InChI=1S/C13H20N4O2S/c1-10(2)16-12(18)8-20-13-7-11(14-9-15-13)17-3-5-19-6-4-17/h7,9-10H,3-6,8H2,1-2H3,(H,16,18). The zero-order chi connectivity index (χ0) is 14.4. The Morgan fingerprint density at radius 1 is 1.45 bits per heavy atom. The second-order valence-electron chi connectivity index (χ2n) is 4.82. The van der Waals surface area contributed by atoms with E-state index in [1.165, 1.54) is 11.8 Å². The summed E-state index contributed by atoms with van der Waals surface area (Å²) in [7, 11) is 0. The number of ether oxygens (including phenoxy) is 1. The van der Waals surface area contributed by atoms with Crippen LogP contribution in [0.3, 0.4) is 0 Å². The fourth-order valence-electron chi connectivity index (χ4n) is 1.88. The average molecular weight is 296 g/mol. The zero-order valence-corrected chi connectivity index (χ0v) is 12.7. The third kappa shape index (κ3) is 4.64. The second-order valence-corrected chi connectivity index (χ2v) is 5.82. The molecule has 1 fully saturated rings. The molecule has 110 valence electrons. The summed E-state index contributed by atoms with van der Waals surface area (Å²) in [6.07, 6.45) is 1.55. The van der Waals surface area contributed by atoms with Gasteiger partial charge in [-0.1, -0.05) is 11.8 Å². The first-order chi connectivity index (χ1) is 9.65. The SMILES string of the molecule is CC(C)NC(=O)CSc1cc(N2CCOCC2)ncn1. The number of carbonyl (C=O) groups excluding carboxylic acids is 1. The highest BCUT2D eigenvalue weighted by molar-refractivity contribution is 7.99. The van der Waals surface area contributed by atoms with Crippen molar-refractivity contribution in [2.45, 2.75) is 24.9 Å². The van der Waals surface area contributed by atoms with Crippen LogP contribution in [0.15, 0.2) is 17.4 Å². The number of morpholine rings is 1. The third-order valence-electron chi connectivity index (χ3n) is 2.76. The molecule has 1 aromatic heterocycles. The molecule has 0 bridgehead atoms. The van der Waals surface area contributed by atoms with Gasteiger partial charge in [0.1, 0.15) is 17.2 Å². The molecule has 0 atom stereocenters. The number of nitrogens with zero attached hydrogens (tertiary/aromatic N) is 3. The molecule has 1 saturated heterocycles. The number of anilines is 1. The topological polar surface area (TPSA) is 67.4 Å². The molecule has 2 heterocycles. The maximum Gasteiger partial charge on any atom is 0.230 e. The van der Waals surface area contributed by atoms with E-state index in [0.29, 0.717) is 5.75 Å². The first kappa shape index (κ1) is 15.1. The van der Waals surface area contributed by atoms with E-state index in [4.69, 9.17) is 4.74 Å². The van der Waals surface area contributed by atoms with Gasteiger partial charge in [-0.05, 0) is 13.8 Å². The third-order valence-corrected chi connectivity index (χ3v) is 3.69. The van der Waals surface area contributed by atoms with Crippen LogP contribution < -0.4 is 10.2 Å². The summed E-state index contributed by atoms with van der Waals surface area (Å²) in [6.45, 7) is 7.03. The average Bonchev–Trinajstić information content (AvgIpc) is 2.46. The predicted octanol–water partition coefficient (Wildman–Crippen LogP) is 0.930. The first-order valence-electron chi connectivity index (χ1n) is 6.72. The lowest BCUT2D eigenvalue weighted by Gasteiger charge is -2.27. The molecule has 2 rings (SSSR count). The van der Waals surface area contributed by atoms with E-state index < -0.39 is 0 Å². The van der Waals surface area contributed by atoms with Crippen LogP contribution in [-0.4, -0.2) is 54.0 Å². The highest BCUT2D eigenvalue weighted by Gasteiger charge is 2.13. The molecule has 0 radical (unpaired) electrons. The Kier molecular flexibility index (Phi) is 5.60. The van der Waals surface area contributed by atoms with E-state index in [1.54, 1.807) is 6.33 Å². The minimum absolute atomic E-state index is 0.0246. The zero-order valence-electron chi connectivity index (χ0n) is 11.8. The molecule has 1 aliphatic rings. The van der Waals surface area contributed by atoms with Gasteiger partial charge in [0.2, 0.25) is 5.91 Å². The summed E-state index contributed by atoms with van der Waals surface area (Å²) in [5.74, 6) is 1.30. The molecule has 20 heavy (non-hydrogen) atoms. The van der Waals surface area contributed by atoms with Gasteiger partial charge in [-0.15, -0.1) is 0 Å². The van der Waals surface area contributed by atoms with Crippen LogP contribution in [0.4, 0.5) is 5.82 Å². The molecule has 1 aromatic rings. The fourth-order valence-corrected chi connectivity index (χ4v) is 2.55. The van der Waals surface area contributed by atoms with Crippen molar-refractivity contribution in [1.29, 1.82) is 0 Å². The van der Waals surface area contributed by atoms with Gasteiger partial charge in [-0.25, -0.2) is 9.97 Å². The quantitative estimate of drug-likeness (QED) is 0.644. The highest BCUT2D eigenvalue weighted by Crippen LogP contribution is 2.20. The lowest BCUT2D eigenvalue weighted by molar-refractivity contribution is -0.119. The Hall–Kier alpha value is -1.34. The number of nitrogens with one attached hydrogen (secondary N) is 1. The molecule has 7 heteroatoms. The fraction of sp³-hybridized carbons (Fsp3) is 0.615. The Morgan fingerprint density at radius 2 is 2.20 bits per heavy atom. The largest absolute Gasteiger partial charge is 0.378 e. The molecule has 0 spiro atoms. The monoisotopic (exact) mass is 296 g/mol. The minimum atomic E-state index is 0.0246. The highest BCUT2D eigenvalue weighted by atomic mass is 32.2. The van der Waals surface area contributed by atoms with Crippen LogP contribution in [0.1, 0.15) is 13.8 Å². The molecule has 1 amide bonds. The van der Waals surface area contributed by atoms with Crippen molar-refractivity contribution < 1.29 is 9.53 Å². The second kappa shape index (κ2) is 7.44. The molecular formula is C13H20N4O2S. The smallest absolute Gasteiger partial charge is 0.230 e. The van der Waals surface area contributed by atoms with Crippen molar-refractivity contribution in [2.24, 2.45) is 0 Å². The van der Waals surface area contributed by atoms with Crippen molar-refractivity contribution in [3.05, 3.63) is 12.4 Å². The number of hydrogen-bond donors (Lipinski definition) is 1. The molecular weight excluding hydrogens is 276 g/mol. The Labute approximate surface area is 123 Å². The van der Waals surface area contributed by atoms with Crippen LogP contribution in [0, 0.1) is 0 Å². The maximum absolute atomic E-state index is 11.6. The van der Waals surface area contributed by atoms with Gasteiger partial charge in [-0.3, -0.25) is 4.79 Å². The van der Waals surface area contributed by atoms with Gasteiger partial charge < -0.3 is 15.0 Å². The molecule has 0 aliphatic carbocycles. The number of hydrogen-bond acceptors (Lipinski definition) is 6. The molecule has 0 unspecified atom stereocenters. The van der Waals surface area contributed by atoms with E-state index in [1.807, 2.05) is 19.9 Å². The number of thioether (sulfide) groups is 1. The lowest BCUT2D eigenvalue weighted by atomic mass is 10.4. The van der Waals surface area contributed by atoms with Gasteiger partial charge in [0, 0.05) is 25.2 Å². The van der Waals surface area contributed by atoms with Crippen molar-refractivity contribution in [3.63, 3.8) is 0 Å². The lowest BCUT2D eigenvalue weighted by Crippen LogP contribution is -2.36. The normalized spacial score (nSPS) is 15.4. The van der Waals surface area contributed by atoms with Crippen LogP contribution >= 0.6 is 11.8 Å². The number of carbonyl (C=O) groups is 1. The Morgan fingerprint density at radius 3 is 2.90 bits per heavy atom. The Balaban J connectivity index is 1.90. The van der Waals surface area contributed by atoms with Gasteiger partial charge in [0.05, 0.1) is 19.0 Å². The van der Waals surface area contributed by atoms with Crippen molar-refractivity contribution in [3.8, 4) is 0 Å². The molecule has 0 saturated carbocycles. The molecule has 1 N–H and O–H groups in total. The van der Waals surface area contributed by atoms with E-state index in [0.717, 1.165) is 37.1 Å². The summed E-state index contributed by atoms with van der Waals surface area (Å²) < 4.78 is 5.32. The van der Waals surface area contributed by atoms with Gasteiger partial charge in [0.25, 0.3) is 0 Å². The van der Waals surface area contributed by atoms with E-state index >= 15 is 0 Å². The molecule has 1 aliphatic heterocycles. The maximum atomic E-state index is 11.6. The van der Waals surface area contributed by atoms with E-state index in [2.05, 4.69) is 20.2 Å². The van der Waals surface area contributed by atoms with Crippen LogP contribution in [-0.2, 0) is 9.53 Å². The molecule has 6 nitrogen and oxygen atoms in total. The summed E-state index contributed by atoms with van der Waals surface area (Å²) >= 11 is 1.43. The predicted molar refractivity (Wildman–Crippen MR) is 79.1 cm³/mol. The van der Waals surface area contributed by atoms with E-state index in [9.17, 15) is 4.79 Å². The van der Waals surface area contributed by atoms with Crippen LogP contribution in [0.25, 0.3) is 0 Å².